The Bertz CT molecular complexity index is 1240. The van der Waals surface area contributed by atoms with Crippen LogP contribution in [0.4, 0.5) is 0 Å². The van der Waals surface area contributed by atoms with E-state index < -0.39 is 10.0 Å². The maximum absolute atomic E-state index is 13.8. The summed E-state index contributed by atoms with van der Waals surface area (Å²) in [5.41, 5.74) is 1.65. The number of nitrogens with zero attached hydrogens (tertiary/aromatic N) is 3. The molecule has 7 nitrogen and oxygen atoms in total. The number of benzene rings is 2. The Morgan fingerprint density at radius 1 is 0.969 bits per heavy atom. The van der Waals surface area contributed by atoms with E-state index in [0.717, 1.165) is 18.7 Å². The smallest absolute Gasteiger partial charge is 0.271 e. The summed E-state index contributed by atoms with van der Waals surface area (Å²) in [5, 5.41) is 0.643. The monoisotopic (exact) mass is 455 g/mol. The number of rotatable bonds is 5. The van der Waals surface area contributed by atoms with Crippen LogP contribution in [-0.2, 0) is 10.0 Å². The van der Waals surface area contributed by atoms with Gasteiger partial charge in [-0.2, -0.15) is 0 Å². The number of hydrogen-bond acceptors (Lipinski definition) is 5. The summed E-state index contributed by atoms with van der Waals surface area (Å²) in [6, 6.07) is 13.7. The van der Waals surface area contributed by atoms with Gasteiger partial charge in [-0.3, -0.25) is 4.79 Å². The Morgan fingerprint density at radius 2 is 1.62 bits per heavy atom. The number of ether oxygens (including phenoxy) is 1. The van der Waals surface area contributed by atoms with Crippen molar-refractivity contribution in [2.75, 3.05) is 40.3 Å². The number of carbonyl (C=O) groups excluding carboxylic acids is 1. The molecule has 4 rings (SSSR count). The van der Waals surface area contributed by atoms with Crippen molar-refractivity contribution < 1.29 is 17.9 Å². The van der Waals surface area contributed by atoms with E-state index >= 15 is 0 Å². The molecule has 1 aliphatic rings. The number of methoxy groups -OCH3 is 1. The molecule has 1 amide bonds. The van der Waals surface area contributed by atoms with Crippen molar-refractivity contribution in [1.82, 2.24) is 13.8 Å². The molecule has 0 unspecified atom stereocenters. The Morgan fingerprint density at radius 3 is 2.22 bits per heavy atom. The molecule has 0 radical (unpaired) electrons. The molecule has 170 valence electrons. The highest BCUT2D eigenvalue weighted by atomic mass is 32.2. The summed E-state index contributed by atoms with van der Waals surface area (Å²) in [6.07, 6.45) is 0. The summed E-state index contributed by atoms with van der Waals surface area (Å²) in [4.78, 5) is 17.5. The quantitative estimate of drug-likeness (QED) is 0.590. The van der Waals surface area contributed by atoms with E-state index in [1.807, 2.05) is 19.2 Å². The van der Waals surface area contributed by atoms with Crippen molar-refractivity contribution in [3.63, 3.8) is 0 Å². The lowest BCUT2D eigenvalue weighted by Crippen LogP contribution is -2.47. The van der Waals surface area contributed by atoms with Gasteiger partial charge in [-0.25, -0.2) is 12.4 Å². The SMILES string of the molecule is COc1ccc2c(c1)cc(C(=O)N1CCN(C)CC1)n2S(=O)(=O)c1ccc(C(C)C)cc1. The molecule has 0 spiro atoms. The largest absolute Gasteiger partial charge is 0.497 e. The second-order valence-corrected chi connectivity index (χ2v) is 10.3. The molecule has 1 aromatic heterocycles. The lowest BCUT2D eigenvalue weighted by Gasteiger charge is -2.32. The van der Waals surface area contributed by atoms with Gasteiger partial charge in [0.1, 0.15) is 11.4 Å². The summed E-state index contributed by atoms with van der Waals surface area (Å²) in [5.74, 6) is 0.614. The van der Waals surface area contributed by atoms with Crippen molar-refractivity contribution in [3.05, 3.63) is 59.8 Å². The summed E-state index contributed by atoms with van der Waals surface area (Å²) >= 11 is 0. The zero-order valence-corrected chi connectivity index (χ0v) is 19.7. The van der Waals surface area contributed by atoms with E-state index in [0.29, 0.717) is 35.7 Å². The van der Waals surface area contributed by atoms with Crippen molar-refractivity contribution in [2.24, 2.45) is 0 Å². The first-order chi connectivity index (χ1) is 15.2. The van der Waals surface area contributed by atoms with E-state index in [1.165, 1.54) is 3.97 Å². The third kappa shape index (κ3) is 4.00. The van der Waals surface area contributed by atoms with Crippen LogP contribution in [0, 0.1) is 0 Å². The minimum atomic E-state index is -3.99. The average molecular weight is 456 g/mol. The molecule has 1 aliphatic heterocycles. The molecule has 2 heterocycles. The van der Waals surface area contributed by atoms with Gasteiger partial charge in [0.05, 0.1) is 17.5 Å². The molecule has 32 heavy (non-hydrogen) atoms. The van der Waals surface area contributed by atoms with Gasteiger partial charge in [-0.15, -0.1) is 0 Å². The number of likely N-dealkylation sites (N-methyl/N-ethyl adjacent to an activating group) is 1. The molecule has 2 aromatic carbocycles. The van der Waals surface area contributed by atoms with E-state index in [-0.39, 0.29) is 16.5 Å². The molecule has 1 saturated heterocycles. The molecule has 0 N–H and O–H groups in total. The molecule has 0 aliphatic carbocycles. The number of aromatic nitrogens is 1. The summed E-state index contributed by atoms with van der Waals surface area (Å²) in [7, 11) is -0.424. The molecular formula is C24H29N3O4S. The van der Waals surface area contributed by atoms with Gasteiger partial charge in [0.15, 0.2) is 0 Å². The van der Waals surface area contributed by atoms with E-state index in [4.69, 9.17) is 4.74 Å². The molecule has 3 aromatic rings. The van der Waals surface area contributed by atoms with Gasteiger partial charge in [-0.05, 0) is 54.9 Å². The van der Waals surface area contributed by atoms with Crippen molar-refractivity contribution in [2.45, 2.75) is 24.7 Å². The van der Waals surface area contributed by atoms with Crippen LogP contribution in [0.1, 0.15) is 35.8 Å². The van der Waals surface area contributed by atoms with Gasteiger partial charge in [-0.1, -0.05) is 26.0 Å². The third-order valence-corrected chi connectivity index (χ3v) is 7.80. The van der Waals surface area contributed by atoms with Crippen molar-refractivity contribution >= 4 is 26.8 Å². The Labute approximate surface area is 189 Å². The van der Waals surface area contributed by atoms with Crippen LogP contribution in [0.5, 0.6) is 5.75 Å². The fraction of sp³-hybridized carbons (Fsp3) is 0.375. The lowest BCUT2D eigenvalue weighted by molar-refractivity contribution is 0.0657. The van der Waals surface area contributed by atoms with Crippen LogP contribution in [-0.4, -0.2) is 68.4 Å². The van der Waals surface area contributed by atoms with Crippen LogP contribution >= 0.6 is 0 Å². The van der Waals surface area contributed by atoms with Crippen molar-refractivity contribution in [1.29, 1.82) is 0 Å². The maximum atomic E-state index is 13.8. The fourth-order valence-electron chi connectivity index (χ4n) is 4.01. The standard InChI is InChI=1S/C24H29N3O4S/c1-17(2)18-5-8-21(9-6-18)32(29,30)27-22-10-7-20(31-4)15-19(22)16-23(27)24(28)26-13-11-25(3)12-14-26/h5-10,15-17H,11-14H2,1-4H3. The Hall–Kier alpha value is -2.84. The second-order valence-electron chi connectivity index (χ2n) is 8.54. The van der Waals surface area contributed by atoms with Gasteiger partial charge < -0.3 is 14.5 Å². The molecule has 0 saturated carbocycles. The van der Waals surface area contributed by atoms with Gasteiger partial charge >= 0.3 is 0 Å². The maximum Gasteiger partial charge on any atom is 0.271 e. The predicted molar refractivity (Wildman–Crippen MR) is 125 cm³/mol. The second kappa shape index (κ2) is 8.60. The summed E-state index contributed by atoms with van der Waals surface area (Å²) in [6.45, 7) is 6.74. The fourth-order valence-corrected chi connectivity index (χ4v) is 5.51. The Kier molecular flexibility index (Phi) is 6.01. The molecule has 1 fully saturated rings. The number of hydrogen-bond donors (Lipinski definition) is 0. The van der Waals surface area contributed by atoms with Crippen LogP contribution in [0.3, 0.4) is 0 Å². The molecular weight excluding hydrogens is 426 g/mol. The summed E-state index contributed by atoms with van der Waals surface area (Å²) < 4.78 is 34.0. The topological polar surface area (TPSA) is 71.8 Å². The number of carbonyl (C=O) groups is 1. The number of fused-ring (bicyclic) bond motifs is 1. The lowest BCUT2D eigenvalue weighted by atomic mass is 10.0. The molecule has 0 bridgehead atoms. The highest BCUT2D eigenvalue weighted by molar-refractivity contribution is 7.90. The minimum Gasteiger partial charge on any atom is -0.497 e. The van der Waals surface area contributed by atoms with Crippen LogP contribution in [0.25, 0.3) is 10.9 Å². The third-order valence-electron chi connectivity index (χ3n) is 6.06. The van der Waals surface area contributed by atoms with Crippen LogP contribution in [0.2, 0.25) is 0 Å². The van der Waals surface area contributed by atoms with E-state index in [2.05, 4.69) is 18.7 Å². The van der Waals surface area contributed by atoms with Gasteiger partial charge in [0.2, 0.25) is 0 Å². The normalized spacial score (nSPS) is 15.5. The first-order valence-corrected chi connectivity index (χ1v) is 12.2. The Balaban J connectivity index is 1.86. The van der Waals surface area contributed by atoms with Gasteiger partial charge in [0.25, 0.3) is 15.9 Å². The first-order valence-electron chi connectivity index (χ1n) is 10.7. The van der Waals surface area contributed by atoms with Crippen molar-refractivity contribution in [3.8, 4) is 5.75 Å². The number of amides is 1. The highest BCUT2D eigenvalue weighted by Gasteiger charge is 2.30. The minimum absolute atomic E-state index is 0.144. The van der Waals surface area contributed by atoms with Gasteiger partial charge in [0, 0.05) is 31.6 Å². The van der Waals surface area contributed by atoms with Crippen LogP contribution in [0.15, 0.2) is 53.4 Å². The molecule has 8 heteroatoms. The van der Waals surface area contributed by atoms with E-state index in [9.17, 15) is 13.2 Å². The first kappa shape index (κ1) is 22.4. The molecule has 0 atom stereocenters. The average Bonchev–Trinajstić information content (AvgIpc) is 3.18. The number of piperazine rings is 1. The van der Waals surface area contributed by atoms with E-state index in [1.54, 1.807) is 48.4 Å². The zero-order valence-electron chi connectivity index (χ0n) is 18.9. The highest BCUT2D eigenvalue weighted by Crippen LogP contribution is 2.30. The predicted octanol–water partition coefficient (Wildman–Crippen LogP) is 3.40. The zero-order chi connectivity index (χ0) is 23.0. The van der Waals surface area contributed by atoms with Crippen LogP contribution < -0.4 is 4.74 Å².